The van der Waals surface area contributed by atoms with Crippen LogP contribution in [-0.2, 0) is 0 Å². The Hall–Kier alpha value is -3.64. The van der Waals surface area contributed by atoms with E-state index in [1.807, 2.05) is 20.8 Å². The van der Waals surface area contributed by atoms with Crippen molar-refractivity contribution in [1.82, 2.24) is 14.8 Å². The van der Waals surface area contributed by atoms with Gasteiger partial charge in [0.15, 0.2) is 0 Å². The molecular weight excluding hydrogens is 463 g/mol. The number of anilines is 1. The van der Waals surface area contributed by atoms with Gasteiger partial charge in [-0.1, -0.05) is 44.7 Å². The molecule has 0 aliphatic carbocycles. The van der Waals surface area contributed by atoms with Crippen molar-refractivity contribution in [2.45, 2.75) is 39.8 Å². The van der Waals surface area contributed by atoms with E-state index in [4.69, 9.17) is 4.74 Å². The number of hydrogen-bond acceptors (Lipinski definition) is 5. The molecule has 2 N–H and O–H groups in total. The van der Waals surface area contributed by atoms with Crippen LogP contribution in [0.25, 0.3) is 0 Å². The lowest BCUT2D eigenvalue weighted by atomic mass is 10.00. The molecule has 0 fully saturated rings. The Morgan fingerprint density at radius 1 is 1.36 bits per heavy atom. The first-order chi connectivity index (χ1) is 17.1. The predicted molar refractivity (Wildman–Crippen MR) is 135 cm³/mol. The molecule has 1 aliphatic heterocycles. The summed E-state index contributed by atoms with van der Waals surface area (Å²) in [7, 11) is 1.59. The Labute approximate surface area is 211 Å². The van der Waals surface area contributed by atoms with E-state index in [-0.39, 0.29) is 48.0 Å². The highest BCUT2D eigenvalue weighted by Gasteiger charge is 2.34. The SMILES string of the molecule is CC(C)C#Cc1cnc2c(c1)C(=O)N([C@H](C)CO)C[C@H](C)[C@H](CN(C)C(=O)Nc1ccccc1F)O2. The summed E-state index contributed by atoms with van der Waals surface area (Å²) in [6.45, 7) is 7.87. The van der Waals surface area contributed by atoms with Gasteiger partial charge in [0, 0.05) is 37.2 Å². The molecule has 0 spiro atoms. The van der Waals surface area contributed by atoms with Crippen LogP contribution in [0.4, 0.5) is 14.9 Å². The van der Waals surface area contributed by atoms with Gasteiger partial charge < -0.3 is 25.0 Å². The third-order valence-electron chi connectivity index (χ3n) is 5.94. The number of nitrogens with zero attached hydrogens (tertiary/aromatic N) is 3. The Balaban J connectivity index is 1.89. The Morgan fingerprint density at radius 3 is 2.75 bits per heavy atom. The smallest absolute Gasteiger partial charge is 0.321 e. The molecule has 2 aromatic rings. The minimum Gasteiger partial charge on any atom is -0.472 e. The molecule has 0 unspecified atom stereocenters. The largest absolute Gasteiger partial charge is 0.472 e. The number of aromatic nitrogens is 1. The molecule has 1 aromatic heterocycles. The first kappa shape index (κ1) is 27.0. The number of aliphatic hydroxyl groups is 1. The zero-order valence-corrected chi connectivity index (χ0v) is 21.3. The molecule has 9 heteroatoms. The number of urea groups is 1. The summed E-state index contributed by atoms with van der Waals surface area (Å²) in [5.41, 5.74) is 0.917. The molecule has 0 saturated heterocycles. The van der Waals surface area contributed by atoms with Gasteiger partial charge in [-0.2, -0.15) is 0 Å². The lowest BCUT2D eigenvalue weighted by Gasteiger charge is -2.37. The second kappa shape index (κ2) is 11.9. The maximum Gasteiger partial charge on any atom is 0.321 e. The van der Waals surface area contributed by atoms with Gasteiger partial charge in [-0.3, -0.25) is 4.79 Å². The number of benzene rings is 1. The van der Waals surface area contributed by atoms with Gasteiger partial charge in [-0.25, -0.2) is 14.2 Å². The number of ether oxygens (including phenoxy) is 1. The summed E-state index contributed by atoms with van der Waals surface area (Å²) in [5, 5.41) is 12.4. The number of carbonyl (C=O) groups excluding carboxylic acids is 2. The lowest BCUT2D eigenvalue weighted by Crippen LogP contribution is -2.50. The molecule has 3 amide bonds. The number of fused-ring (bicyclic) bond motifs is 1. The average Bonchev–Trinajstić information content (AvgIpc) is 2.85. The van der Waals surface area contributed by atoms with Crippen molar-refractivity contribution in [1.29, 1.82) is 0 Å². The second-order valence-electron chi connectivity index (χ2n) is 9.41. The maximum absolute atomic E-state index is 14.0. The van der Waals surface area contributed by atoms with Crippen LogP contribution in [0.1, 0.15) is 43.6 Å². The molecule has 0 bridgehead atoms. The van der Waals surface area contributed by atoms with Gasteiger partial charge in [0.2, 0.25) is 5.88 Å². The maximum atomic E-state index is 14.0. The topological polar surface area (TPSA) is 95.0 Å². The van der Waals surface area contributed by atoms with Crippen molar-refractivity contribution in [3.05, 3.63) is 53.5 Å². The molecule has 0 saturated carbocycles. The summed E-state index contributed by atoms with van der Waals surface area (Å²) < 4.78 is 20.2. The first-order valence-electron chi connectivity index (χ1n) is 12.0. The van der Waals surface area contributed by atoms with E-state index >= 15 is 0 Å². The summed E-state index contributed by atoms with van der Waals surface area (Å²) in [6, 6.07) is 6.65. The highest BCUT2D eigenvalue weighted by Crippen LogP contribution is 2.27. The number of amides is 3. The second-order valence-corrected chi connectivity index (χ2v) is 9.41. The van der Waals surface area contributed by atoms with Crippen LogP contribution in [-0.4, -0.2) is 70.7 Å². The van der Waals surface area contributed by atoms with E-state index in [0.29, 0.717) is 12.1 Å². The molecule has 0 radical (unpaired) electrons. The van der Waals surface area contributed by atoms with Crippen LogP contribution in [0.15, 0.2) is 36.5 Å². The number of likely N-dealkylation sites (N-methyl/N-ethyl adjacent to an activating group) is 1. The minimum atomic E-state index is -0.531. The Morgan fingerprint density at radius 2 is 2.08 bits per heavy atom. The zero-order chi connectivity index (χ0) is 26.4. The number of aliphatic hydroxyl groups excluding tert-OH is 1. The van der Waals surface area contributed by atoms with E-state index in [0.717, 1.165) is 0 Å². The molecule has 192 valence electrons. The minimum absolute atomic E-state index is 0.0802. The summed E-state index contributed by atoms with van der Waals surface area (Å²) in [5.74, 6) is 5.34. The number of rotatable bonds is 5. The highest BCUT2D eigenvalue weighted by atomic mass is 19.1. The van der Waals surface area contributed by atoms with E-state index < -0.39 is 24.0 Å². The van der Waals surface area contributed by atoms with Crippen molar-refractivity contribution in [3.8, 4) is 17.7 Å². The third-order valence-corrected chi connectivity index (χ3v) is 5.94. The Bertz CT molecular complexity index is 1160. The third kappa shape index (κ3) is 6.52. The van der Waals surface area contributed by atoms with Gasteiger partial charge in [-0.05, 0) is 25.1 Å². The van der Waals surface area contributed by atoms with Crippen LogP contribution in [0, 0.1) is 29.5 Å². The monoisotopic (exact) mass is 496 g/mol. The van der Waals surface area contributed by atoms with Gasteiger partial charge in [0.05, 0.1) is 24.9 Å². The van der Waals surface area contributed by atoms with E-state index in [1.165, 1.54) is 17.0 Å². The van der Waals surface area contributed by atoms with E-state index in [2.05, 4.69) is 22.1 Å². The number of carbonyl (C=O) groups is 2. The fraction of sp³-hybridized carbons (Fsp3) is 0.444. The number of nitrogens with one attached hydrogen (secondary N) is 1. The number of halogens is 1. The quantitative estimate of drug-likeness (QED) is 0.617. The fourth-order valence-corrected chi connectivity index (χ4v) is 3.74. The number of hydrogen-bond donors (Lipinski definition) is 2. The molecule has 8 nitrogen and oxygen atoms in total. The highest BCUT2D eigenvalue weighted by molar-refractivity contribution is 5.97. The Kier molecular flexibility index (Phi) is 8.88. The molecule has 2 heterocycles. The van der Waals surface area contributed by atoms with Crippen molar-refractivity contribution >= 4 is 17.6 Å². The van der Waals surface area contributed by atoms with Gasteiger partial charge in [0.25, 0.3) is 5.91 Å². The molecule has 3 rings (SSSR count). The molecule has 1 aromatic carbocycles. The molecule has 3 atom stereocenters. The molecular formula is C27H33FN4O4. The molecule has 1 aliphatic rings. The van der Waals surface area contributed by atoms with Crippen LogP contribution in [0.2, 0.25) is 0 Å². The predicted octanol–water partition coefficient (Wildman–Crippen LogP) is 3.61. The summed E-state index contributed by atoms with van der Waals surface area (Å²) in [4.78, 5) is 33.6. The summed E-state index contributed by atoms with van der Waals surface area (Å²) >= 11 is 0. The average molecular weight is 497 g/mol. The van der Waals surface area contributed by atoms with Crippen molar-refractivity contribution in [3.63, 3.8) is 0 Å². The fourth-order valence-electron chi connectivity index (χ4n) is 3.74. The van der Waals surface area contributed by atoms with Gasteiger partial charge in [-0.15, -0.1) is 0 Å². The van der Waals surface area contributed by atoms with Gasteiger partial charge >= 0.3 is 6.03 Å². The van der Waals surface area contributed by atoms with Crippen LogP contribution in [0.5, 0.6) is 5.88 Å². The van der Waals surface area contributed by atoms with E-state index in [9.17, 15) is 19.1 Å². The van der Waals surface area contributed by atoms with Gasteiger partial charge in [0.1, 0.15) is 17.5 Å². The van der Waals surface area contributed by atoms with Crippen molar-refractivity contribution in [2.24, 2.45) is 11.8 Å². The van der Waals surface area contributed by atoms with Crippen molar-refractivity contribution < 1.29 is 23.8 Å². The summed E-state index contributed by atoms with van der Waals surface area (Å²) in [6.07, 6.45) is 1.03. The number of para-hydroxylation sites is 1. The lowest BCUT2D eigenvalue weighted by molar-refractivity contribution is 0.0356. The molecule has 36 heavy (non-hydrogen) atoms. The van der Waals surface area contributed by atoms with Crippen molar-refractivity contribution in [2.75, 3.05) is 32.1 Å². The number of pyridine rings is 1. The van der Waals surface area contributed by atoms with Crippen LogP contribution >= 0.6 is 0 Å². The normalized spacial score (nSPS) is 18.2. The van der Waals surface area contributed by atoms with Crippen LogP contribution < -0.4 is 10.1 Å². The standard InChI is InChI=1S/C27H33FN4O4/c1-17(2)10-11-20-12-21-25(29-13-20)36-24(18(3)14-32(26(21)34)19(4)16-33)15-31(5)27(35)30-23-9-7-6-8-22(23)28/h6-9,12-13,17-19,24,33H,14-16H2,1-5H3,(H,30,35)/t18-,19+,24-/m0/s1. The van der Waals surface area contributed by atoms with Crippen LogP contribution in [0.3, 0.4) is 0 Å². The van der Waals surface area contributed by atoms with E-state index in [1.54, 1.807) is 43.3 Å². The first-order valence-corrected chi connectivity index (χ1v) is 12.0. The zero-order valence-electron chi connectivity index (χ0n) is 21.3.